The van der Waals surface area contributed by atoms with Gasteiger partial charge < -0.3 is 5.01 Å². The molecule has 0 bridgehead atoms. The first-order chi connectivity index (χ1) is 8.27. The molecule has 0 N–H and O–H groups in total. The highest BCUT2D eigenvalue weighted by atomic mass is 16.1. The number of hydrogen-bond donors (Lipinski definition) is 0. The minimum Gasteiger partial charge on any atom is -0.313 e. The molecule has 1 fully saturated rings. The molecule has 17 heavy (non-hydrogen) atoms. The Balaban J connectivity index is 2.01. The van der Waals surface area contributed by atoms with Crippen molar-refractivity contribution in [1.82, 2.24) is 4.68 Å². The minimum atomic E-state index is 0.338. The van der Waals surface area contributed by atoms with E-state index in [9.17, 15) is 4.79 Å². The number of nitrogens with zero attached hydrogens (tertiary/aromatic N) is 2. The highest BCUT2D eigenvalue weighted by Gasteiger charge is 2.25. The van der Waals surface area contributed by atoms with E-state index in [0.717, 1.165) is 37.9 Å². The van der Waals surface area contributed by atoms with Crippen molar-refractivity contribution in [3.8, 4) is 0 Å². The molecule has 1 aromatic rings. The van der Waals surface area contributed by atoms with Crippen molar-refractivity contribution in [2.24, 2.45) is 0 Å². The molecule has 3 rings (SSSR count). The third kappa shape index (κ3) is 1.78. The standard InChI is InChI=1S/C14H20N2O/c1-11-10-12-13(6-5-7-14(12)17)16(11)15-8-3-2-4-9-15/h10H,2-9H2,1H3. The summed E-state index contributed by atoms with van der Waals surface area (Å²) < 4.78 is 2.32. The second-order valence-corrected chi connectivity index (χ2v) is 5.25. The molecule has 0 spiro atoms. The summed E-state index contributed by atoms with van der Waals surface area (Å²) in [7, 11) is 0. The largest absolute Gasteiger partial charge is 0.313 e. The van der Waals surface area contributed by atoms with Crippen LogP contribution in [0.3, 0.4) is 0 Å². The molecule has 1 saturated heterocycles. The van der Waals surface area contributed by atoms with Crippen LogP contribution < -0.4 is 5.01 Å². The van der Waals surface area contributed by atoms with Gasteiger partial charge in [-0.05, 0) is 45.1 Å². The second kappa shape index (κ2) is 4.21. The van der Waals surface area contributed by atoms with E-state index in [4.69, 9.17) is 0 Å². The van der Waals surface area contributed by atoms with Crippen molar-refractivity contribution in [1.29, 1.82) is 0 Å². The molecule has 0 unspecified atom stereocenters. The second-order valence-electron chi connectivity index (χ2n) is 5.25. The number of Topliss-reactive ketones (excluding diaryl/α,β-unsaturated/α-hetero) is 1. The van der Waals surface area contributed by atoms with Crippen LogP contribution in [0.2, 0.25) is 0 Å². The first-order valence-electron chi connectivity index (χ1n) is 6.77. The van der Waals surface area contributed by atoms with Crippen LogP contribution >= 0.6 is 0 Å². The first kappa shape index (κ1) is 10.9. The number of carbonyl (C=O) groups is 1. The normalized spacial score (nSPS) is 20.5. The number of hydrogen-bond acceptors (Lipinski definition) is 2. The smallest absolute Gasteiger partial charge is 0.164 e. The molecule has 2 heterocycles. The Bertz CT molecular complexity index is 441. The lowest BCUT2D eigenvalue weighted by atomic mass is 9.97. The zero-order chi connectivity index (χ0) is 11.8. The number of fused-ring (bicyclic) bond motifs is 1. The lowest BCUT2D eigenvalue weighted by molar-refractivity contribution is 0.0971. The lowest BCUT2D eigenvalue weighted by Gasteiger charge is -2.33. The van der Waals surface area contributed by atoms with Crippen LogP contribution in [0, 0.1) is 6.92 Å². The Morgan fingerprint density at radius 3 is 2.59 bits per heavy atom. The average molecular weight is 232 g/mol. The molecule has 0 radical (unpaired) electrons. The fourth-order valence-corrected chi connectivity index (χ4v) is 3.18. The highest BCUT2D eigenvalue weighted by molar-refractivity contribution is 5.98. The van der Waals surface area contributed by atoms with E-state index in [1.54, 1.807) is 0 Å². The van der Waals surface area contributed by atoms with Crippen molar-refractivity contribution >= 4 is 5.78 Å². The van der Waals surface area contributed by atoms with Crippen molar-refractivity contribution in [2.75, 3.05) is 18.1 Å². The topological polar surface area (TPSA) is 25.2 Å². The summed E-state index contributed by atoms with van der Waals surface area (Å²) in [6.45, 7) is 4.40. The van der Waals surface area contributed by atoms with Gasteiger partial charge in [-0.3, -0.25) is 9.47 Å². The van der Waals surface area contributed by atoms with Gasteiger partial charge in [0.2, 0.25) is 0 Å². The van der Waals surface area contributed by atoms with Gasteiger partial charge in [-0.25, -0.2) is 0 Å². The van der Waals surface area contributed by atoms with Crippen LogP contribution in [0.4, 0.5) is 0 Å². The van der Waals surface area contributed by atoms with Gasteiger partial charge >= 0.3 is 0 Å². The van der Waals surface area contributed by atoms with Gasteiger partial charge in [-0.15, -0.1) is 0 Å². The number of aromatic nitrogens is 1. The Hall–Kier alpha value is -1.25. The van der Waals surface area contributed by atoms with E-state index in [2.05, 4.69) is 22.7 Å². The molecule has 1 aliphatic heterocycles. The Kier molecular flexibility index (Phi) is 2.69. The molecule has 0 aromatic carbocycles. The fourth-order valence-electron chi connectivity index (χ4n) is 3.18. The monoisotopic (exact) mass is 232 g/mol. The van der Waals surface area contributed by atoms with Crippen LogP contribution in [0.5, 0.6) is 0 Å². The molecule has 0 atom stereocenters. The first-order valence-corrected chi connectivity index (χ1v) is 6.77. The summed E-state index contributed by atoms with van der Waals surface area (Å²) >= 11 is 0. The van der Waals surface area contributed by atoms with E-state index in [1.165, 1.54) is 30.7 Å². The zero-order valence-electron chi connectivity index (χ0n) is 10.5. The van der Waals surface area contributed by atoms with Gasteiger partial charge in [0.25, 0.3) is 0 Å². The SMILES string of the molecule is Cc1cc2c(n1N1CCCCC1)CCCC2=O. The molecular formula is C14H20N2O. The van der Waals surface area contributed by atoms with Crippen LogP contribution in [0.15, 0.2) is 6.07 Å². The molecule has 2 aliphatic rings. The number of piperidine rings is 1. The Morgan fingerprint density at radius 1 is 1.06 bits per heavy atom. The van der Waals surface area contributed by atoms with E-state index in [0.29, 0.717) is 5.78 Å². The van der Waals surface area contributed by atoms with Crippen LogP contribution in [0.25, 0.3) is 0 Å². The van der Waals surface area contributed by atoms with Crippen LogP contribution in [-0.2, 0) is 6.42 Å². The van der Waals surface area contributed by atoms with Crippen molar-refractivity contribution in [2.45, 2.75) is 45.4 Å². The predicted octanol–water partition coefficient (Wildman–Crippen LogP) is 2.44. The fraction of sp³-hybridized carbons (Fsp3) is 0.643. The van der Waals surface area contributed by atoms with E-state index in [-0.39, 0.29) is 0 Å². The molecule has 3 heteroatoms. The van der Waals surface area contributed by atoms with E-state index < -0.39 is 0 Å². The summed E-state index contributed by atoms with van der Waals surface area (Å²) in [6, 6.07) is 2.09. The minimum absolute atomic E-state index is 0.338. The van der Waals surface area contributed by atoms with Gasteiger partial charge in [0, 0.05) is 30.8 Å². The lowest BCUT2D eigenvalue weighted by Crippen LogP contribution is -2.41. The number of carbonyl (C=O) groups excluding carboxylic acids is 1. The molecule has 92 valence electrons. The van der Waals surface area contributed by atoms with Crippen molar-refractivity contribution in [3.63, 3.8) is 0 Å². The van der Waals surface area contributed by atoms with E-state index >= 15 is 0 Å². The molecule has 1 aliphatic carbocycles. The number of ketones is 1. The van der Waals surface area contributed by atoms with Crippen LogP contribution in [0.1, 0.15) is 53.8 Å². The van der Waals surface area contributed by atoms with Gasteiger partial charge in [-0.2, -0.15) is 0 Å². The summed E-state index contributed by atoms with van der Waals surface area (Å²) in [6.07, 6.45) is 6.71. The molecule has 3 nitrogen and oxygen atoms in total. The summed E-state index contributed by atoms with van der Waals surface area (Å²) in [5.74, 6) is 0.338. The number of rotatable bonds is 1. The Morgan fingerprint density at radius 2 is 1.82 bits per heavy atom. The summed E-state index contributed by atoms with van der Waals surface area (Å²) in [5, 5.41) is 2.43. The van der Waals surface area contributed by atoms with Crippen molar-refractivity contribution < 1.29 is 4.79 Å². The third-order valence-electron chi connectivity index (χ3n) is 3.99. The van der Waals surface area contributed by atoms with Gasteiger partial charge in [0.1, 0.15) is 0 Å². The maximum absolute atomic E-state index is 11.9. The highest BCUT2D eigenvalue weighted by Crippen LogP contribution is 2.26. The average Bonchev–Trinajstić information content (AvgIpc) is 2.68. The quantitative estimate of drug-likeness (QED) is 0.743. The van der Waals surface area contributed by atoms with Gasteiger partial charge in [-0.1, -0.05) is 0 Å². The molecule has 1 aromatic heterocycles. The maximum Gasteiger partial charge on any atom is 0.164 e. The molecular weight excluding hydrogens is 212 g/mol. The predicted molar refractivity (Wildman–Crippen MR) is 68.2 cm³/mol. The molecule has 0 amide bonds. The van der Waals surface area contributed by atoms with Gasteiger partial charge in [0.05, 0.1) is 5.69 Å². The van der Waals surface area contributed by atoms with E-state index in [1.807, 2.05) is 0 Å². The van der Waals surface area contributed by atoms with Gasteiger partial charge in [0.15, 0.2) is 5.78 Å². The summed E-state index contributed by atoms with van der Waals surface area (Å²) in [5.41, 5.74) is 3.48. The Labute approximate surface area is 102 Å². The third-order valence-corrected chi connectivity index (χ3v) is 3.99. The van der Waals surface area contributed by atoms with Crippen LogP contribution in [-0.4, -0.2) is 23.5 Å². The number of aryl methyl sites for hydroxylation is 1. The maximum atomic E-state index is 11.9. The molecule has 0 saturated carbocycles. The zero-order valence-corrected chi connectivity index (χ0v) is 10.5. The van der Waals surface area contributed by atoms with Crippen molar-refractivity contribution in [3.05, 3.63) is 23.0 Å². The summed E-state index contributed by atoms with van der Waals surface area (Å²) in [4.78, 5) is 11.9.